The van der Waals surface area contributed by atoms with Crippen LogP contribution in [-0.2, 0) is 14.3 Å². The molecule has 0 aliphatic rings. The van der Waals surface area contributed by atoms with Crippen molar-refractivity contribution in [2.24, 2.45) is 0 Å². The molecule has 0 spiro atoms. The molecule has 116 valence electrons. The van der Waals surface area contributed by atoms with Crippen LogP contribution in [0, 0.1) is 0 Å². The van der Waals surface area contributed by atoms with E-state index in [4.69, 9.17) is 4.74 Å². The maximum atomic E-state index is 11.3. The second-order valence-electron chi connectivity index (χ2n) is 3.72. The Kier molecular flexibility index (Phi) is 14.6. The van der Waals surface area contributed by atoms with Crippen molar-refractivity contribution in [3.05, 3.63) is 48.6 Å². The Morgan fingerprint density at radius 1 is 0.810 bits per heavy atom. The lowest BCUT2D eigenvalue weighted by Crippen LogP contribution is -2.04. The molecule has 0 saturated carbocycles. The zero-order chi connectivity index (χ0) is 15.8. The van der Waals surface area contributed by atoms with Crippen molar-refractivity contribution >= 4 is 33.8 Å². The number of carbonyl (C=O) groups is 2. The van der Waals surface area contributed by atoms with E-state index >= 15 is 0 Å². The Morgan fingerprint density at radius 2 is 1.24 bits per heavy atom. The molecule has 0 rings (SSSR count). The first-order chi connectivity index (χ1) is 10.2. The zero-order valence-corrected chi connectivity index (χ0v) is 14.1. The molecule has 0 saturated heterocycles. The summed E-state index contributed by atoms with van der Waals surface area (Å²) in [4.78, 5) is 22.7. The fourth-order valence-electron chi connectivity index (χ4n) is 1.09. The molecule has 0 aromatic carbocycles. The molecule has 0 N–H and O–H groups in total. The third kappa shape index (κ3) is 15.2. The molecule has 0 aromatic heterocycles. The van der Waals surface area contributed by atoms with Crippen LogP contribution in [0.1, 0.15) is 13.8 Å². The molecule has 0 aliphatic carbocycles. The Morgan fingerprint density at radius 3 is 1.62 bits per heavy atom. The highest BCUT2D eigenvalue weighted by molar-refractivity contribution is 8.14. The highest BCUT2D eigenvalue weighted by Gasteiger charge is 1.99. The minimum Gasteiger partial charge on any atom is -0.380 e. The summed E-state index contributed by atoms with van der Waals surface area (Å²) in [5, 5.41) is 0.0470. The van der Waals surface area contributed by atoms with Crippen molar-refractivity contribution in [2.75, 3.05) is 24.7 Å². The van der Waals surface area contributed by atoms with Crippen molar-refractivity contribution < 1.29 is 14.3 Å². The van der Waals surface area contributed by atoms with E-state index in [1.165, 1.54) is 35.7 Å². The minimum absolute atomic E-state index is 0.0235. The van der Waals surface area contributed by atoms with Gasteiger partial charge >= 0.3 is 0 Å². The number of thioether (sulfide) groups is 2. The van der Waals surface area contributed by atoms with E-state index in [1.807, 2.05) is 38.2 Å². The summed E-state index contributed by atoms with van der Waals surface area (Å²) in [5.41, 5.74) is 0. The summed E-state index contributed by atoms with van der Waals surface area (Å²) in [7, 11) is 0. The smallest absolute Gasteiger partial charge is 0.212 e. The van der Waals surface area contributed by atoms with Crippen LogP contribution < -0.4 is 0 Å². The monoisotopic (exact) mass is 326 g/mol. The second kappa shape index (κ2) is 15.4. The number of hydrogen-bond acceptors (Lipinski definition) is 5. The van der Waals surface area contributed by atoms with Crippen LogP contribution in [0.2, 0.25) is 0 Å². The molecule has 0 fully saturated rings. The van der Waals surface area contributed by atoms with Gasteiger partial charge in [-0.15, -0.1) is 0 Å². The van der Waals surface area contributed by atoms with Gasteiger partial charge < -0.3 is 4.74 Å². The fourth-order valence-corrected chi connectivity index (χ4v) is 2.25. The predicted molar refractivity (Wildman–Crippen MR) is 93.7 cm³/mol. The third-order valence-electron chi connectivity index (χ3n) is 2.02. The highest BCUT2D eigenvalue weighted by Crippen LogP contribution is 2.05. The molecule has 0 radical (unpaired) electrons. The van der Waals surface area contributed by atoms with E-state index in [-0.39, 0.29) is 10.2 Å². The lowest BCUT2D eigenvalue weighted by atomic mass is 10.4. The van der Waals surface area contributed by atoms with E-state index in [0.717, 1.165) is 0 Å². The molecule has 3 nitrogen and oxygen atoms in total. The van der Waals surface area contributed by atoms with Gasteiger partial charge in [-0.2, -0.15) is 0 Å². The van der Waals surface area contributed by atoms with Crippen LogP contribution in [0.4, 0.5) is 0 Å². The third-order valence-corrected chi connectivity index (χ3v) is 3.60. The second-order valence-corrected chi connectivity index (χ2v) is 5.92. The standard InChI is InChI=1S/C16H22O3S2/c1-3-5-7-9-15(17)20-13-11-19-12-14-21-16(18)10-8-6-4-2/h3-10H,11-14H2,1-2H3/b5-3+,6-4+,9-7+,10-8+. The molecule has 0 heterocycles. The summed E-state index contributed by atoms with van der Waals surface area (Å²) >= 11 is 2.46. The molecular formula is C16H22O3S2. The first kappa shape index (κ1) is 20.0. The molecule has 0 amide bonds. The summed E-state index contributed by atoms with van der Waals surface area (Å²) in [5.74, 6) is 1.25. The van der Waals surface area contributed by atoms with Crippen LogP contribution in [0.15, 0.2) is 48.6 Å². The van der Waals surface area contributed by atoms with E-state index in [2.05, 4.69) is 0 Å². The molecule has 0 unspecified atom stereocenters. The van der Waals surface area contributed by atoms with Crippen LogP contribution in [0.3, 0.4) is 0 Å². The lowest BCUT2D eigenvalue weighted by molar-refractivity contribution is -0.107. The molecule has 0 atom stereocenters. The molecule has 21 heavy (non-hydrogen) atoms. The number of carbonyl (C=O) groups excluding carboxylic acids is 2. The Hall–Kier alpha value is -1.04. The van der Waals surface area contributed by atoms with Crippen LogP contribution >= 0.6 is 23.5 Å². The van der Waals surface area contributed by atoms with Crippen molar-refractivity contribution in [2.45, 2.75) is 13.8 Å². The fraction of sp³-hybridized carbons (Fsp3) is 0.375. The average Bonchev–Trinajstić information content (AvgIpc) is 2.47. The minimum atomic E-state index is 0.0235. The summed E-state index contributed by atoms with van der Waals surface area (Å²) < 4.78 is 5.36. The Bertz CT molecular complexity index is 372. The number of allylic oxidation sites excluding steroid dienone is 6. The quantitative estimate of drug-likeness (QED) is 0.347. The van der Waals surface area contributed by atoms with Crippen LogP contribution in [-0.4, -0.2) is 35.0 Å². The summed E-state index contributed by atoms with van der Waals surface area (Å²) in [6.07, 6.45) is 13.9. The van der Waals surface area contributed by atoms with Gasteiger partial charge in [-0.3, -0.25) is 9.59 Å². The SMILES string of the molecule is C/C=C/C=C/C(=O)SCCOCCSC(=O)/C=C/C=C/C. The maximum Gasteiger partial charge on any atom is 0.212 e. The van der Waals surface area contributed by atoms with Gasteiger partial charge in [-0.05, 0) is 26.0 Å². The van der Waals surface area contributed by atoms with Crippen LogP contribution in [0.5, 0.6) is 0 Å². The Balaban J connectivity index is 3.48. The zero-order valence-electron chi connectivity index (χ0n) is 12.5. The Labute approximate surface area is 135 Å². The van der Waals surface area contributed by atoms with Crippen molar-refractivity contribution in [1.82, 2.24) is 0 Å². The van der Waals surface area contributed by atoms with Crippen molar-refractivity contribution in [3.63, 3.8) is 0 Å². The molecule has 0 bridgehead atoms. The first-order valence-electron chi connectivity index (χ1n) is 6.70. The van der Waals surface area contributed by atoms with E-state index < -0.39 is 0 Å². The summed E-state index contributed by atoms with van der Waals surface area (Å²) in [6, 6.07) is 0. The van der Waals surface area contributed by atoms with Gasteiger partial charge in [0.1, 0.15) is 0 Å². The van der Waals surface area contributed by atoms with Gasteiger partial charge in [0.05, 0.1) is 13.2 Å². The van der Waals surface area contributed by atoms with Gasteiger partial charge in [0.15, 0.2) is 0 Å². The van der Waals surface area contributed by atoms with Gasteiger partial charge in [-0.1, -0.05) is 60.0 Å². The molecule has 5 heteroatoms. The number of rotatable bonds is 10. The topological polar surface area (TPSA) is 43.4 Å². The van der Waals surface area contributed by atoms with Crippen molar-refractivity contribution in [1.29, 1.82) is 0 Å². The van der Waals surface area contributed by atoms with Gasteiger partial charge in [-0.25, -0.2) is 0 Å². The predicted octanol–water partition coefficient (Wildman–Crippen LogP) is 3.79. The molecule has 0 aliphatic heterocycles. The lowest BCUT2D eigenvalue weighted by Gasteiger charge is -2.01. The largest absolute Gasteiger partial charge is 0.380 e. The molecular weight excluding hydrogens is 304 g/mol. The number of hydrogen-bond donors (Lipinski definition) is 0. The molecule has 0 aromatic rings. The van der Waals surface area contributed by atoms with Gasteiger partial charge in [0, 0.05) is 11.5 Å². The number of ether oxygens (including phenoxy) is 1. The van der Waals surface area contributed by atoms with E-state index in [0.29, 0.717) is 24.7 Å². The van der Waals surface area contributed by atoms with Crippen molar-refractivity contribution in [3.8, 4) is 0 Å². The van der Waals surface area contributed by atoms with Crippen LogP contribution in [0.25, 0.3) is 0 Å². The summed E-state index contributed by atoms with van der Waals surface area (Å²) in [6.45, 7) is 4.82. The first-order valence-corrected chi connectivity index (χ1v) is 8.67. The van der Waals surface area contributed by atoms with Gasteiger partial charge in [0.25, 0.3) is 0 Å². The average molecular weight is 326 g/mol. The van der Waals surface area contributed by atoms with Gasteiger partial charge in [0.2, 0.25) is 10.2 Å². The normalized spacial score (nSPS) is 12.3. The maximum absolute atomic E-state index is 11.3. The van der Waals surface area contributed by atoms with E-state index in [1.54, 1.807) is 12.2 Å². The van der Waals surface area contributed by atoms with E-state index in [9.17, 15) is 9.59 Å². The highest BCUT2D eigenvalue weighted by atomic mass is 32.2.